The van der Waals surface area contributed by atoms with Gasteiger partial charge in [0.25, 0.3) is 5.91 Å². The minimum atomic E-state index is -3.56. The van der Waals surface area contributed by atoms with Crippen LogP contribution in [0.4, 0.5) is 0 Å². The molecule has 0 bridgehead atoms. The summed E-state index contributed by atoms with van der Waals surface area (Å²) >= 11 is 0. The van der Waals surface area contributed by atoms with E-state index in [0.29, 0.717) is 12.0 Å². The van der Waals surface area contributed by atoms with Crippen molar-refractivity contribution in [1.29, 1.82) is 0 Å². The molecule has 1 saturated carbocycles. The zero-order valence-electron chi connectivity index (χ0n) is 16.8. The summed E-state index contributed by atoms with van der Waals surface area (Å²) in [5.74, 6) is -1.26. The lowest BCUT2D eigenvalue weighted by Gasteiger charge is -2.16. The number of rotatable bonds is 10. The SMILES string of the molecule is CCOC(=O)C(CNC(=O)c1ccc(S(=O)(=O)NC2CC2)cc1)Cc1ccccc1. The van der Waals surface area contributed by atoms with Crippen molar-refractivity contribution >= 4 is 21.9 Å². The maximum Gasteiger partial charge on any atom is 0.311 e. The number of amides is 1. The Labute approximate surface area is 176 Å². The van der Waals surface area contributed by atoms with E-state index in [9.17, 15) is 18.0 Å². The first-order chi connectivity index (χ1) is 14.4. The van der Waals surface area contributed by atoms with Crippen molar-refractivity contribution in [2.45, 2.75) is 37.1 Å². The average molecular weight is 431 g/mol. The zero-order chi connectivity index (χ0) is 21.6. The van der Waals surface area contributed by atoms with Crippen molar-refractivity contribution < 1.29 is 22.7 Å². The normalized spacial score (nSPS) is 14.7. The molecule has 2 aromatic carbocycles. The average Bonchev–Trinajstić information content (AvgIpc) is 3.55. The van der Waals surface area contributed by atoms with E-state index >= 15 is 0 Å². The van der Waals surface area contributed by atoms with E-state index < -0.39 is 15.9 Å². The number of hydrogen-bond acceptors (Lipinski definition) is 5. The monoisotopic (exact) mass is 430 g/mol. The highest BCUT2D eigenvalue weighted by atomic mass is 32.2. The number of benzene rings is 2. The van der Waals surface area contributed by atoms with Gasteiger partial charge in [-0.25, -0.2) is 13.1 Å². The van der Waals surface area contributed by atoms with Gasteiger partial charge in [0.2, 0.25) is 10.0 Å². The highest BCUT2D eigenvalue weighted by Crippen LogP contribution is 2.22. The highest BCUT2D eigenvalue weighted by molar-refractivity contribution is 7.89. The Bertz CT molecular complexity index is 970. The molecule has 1 amide bonds. The van der Waals surface area contributed by atoms with Crippen molar-refractivity contribution in [3.8, 4) is 0 Å². The van der Waals surface area contributed by atoms with Gasteiger partial charge in [-0.15, -0.1) is 0 Å². The lowest BCUT2D eigenvalue weighted by Crippen LogP contribution is -2.35. The molecule has 0 saturated heterocycles. The molecule has 3 rings (SSSR count). The van der Waals surface area contributed by atoms with E-state index in [-0.39, 0.29) is 36.0 Å². The molecule has 0 spiro atoms. The summed E-state index contributed by atoms with van der Waals surface area (Å²) in [6.45, 7) is 2.13. The third-order valence-corrected chi connectivity index (χ3v) is 6.32. The van der Waals surface area contributed by atoms with Gasteiger partial charge < -0.3 is 10.1 Å². The summed E-state index contributed by atoms with van der Waals surface area (Å²) in [6.07, 6.45) is 2.15. The molecule has 0 radical (unpaired) electrons. The number of nitrogens with one attached hydrogen (secondary N) is 2. The third-order valence-electron chi connectivity index (χ3n) is 4.78. The molecule has 0 aliphatic heterocycles. The number of ether oxygens (including phenoxy) is 1. The molecule has 1 atom stereocenters. The van der Waals surface area contributed by atoms with Crippen LogP contribution < -0.4 is 10.0 Å². The highest BCUT2D eigenvalue weighted by Gasteiger charge is 2.28. The van der Waals surface area contributed by atoms with Gasteiger partial charge in [-0.05, 0) is 56.0 Å². The summed E-state index contributed by atoms with van der Waals surface area (Å²) in [5, 5.41) is 2.75. The van der Waals surface area contributed by atoms with Gasteiger partial charge in [0.1, 0.15) is 0 Å². The maximum absolute atomic E-state index is 12.5. The van der Waals surface area contributed by atoms with Crippen LogP contribution in [0.25, 0.3) is 0 Å². The van der Waals surface area contributed by atoms with Crippen LogP contribution in [0.1, 0.15) is 35.7 Å². The molecule has 1 aliphatic carbocycles. The van der Waals surface area contributed by atoms with Crippen molar-refractivity contribution in [1.82, 2.24) is 10.0 Å². The second kappa shape index (κ2) is 9.86. The van der Waals surface area contributed by atoms with E-state index in [2.05, 4.69) is 10.0 Å². The topological polar surface area (TPSA) is 102 Å². The quantitative estimate of drug-likeness (QED) is 0.563. The van der Waals surface area contributed by atoms with Gasteiger partial charge in [0.15, 0.2) is 0 Å². The summed E-state index contributed by atoms with van der Waals surface area (Å²) < 4.78 is 32.2. The molecule has 0 heterocycles. The van der Waals surface area contributed by atoms with Crippen LogP contribution in [0.5, 0.6) is 0 Å². The molecule has 1 unspecified atom stereocenters. The Morgan fingerprint density at radius 3 is 2.33 bits per heavy atom. The summed E-state index contributed by atoms with van der Waals surface area (Å²) in [7, 11) is -3.56. The number of hydrogen-bond donors (Lipinski definition) is 2. The number of sulfonamides is 1. The number of carbonyl (C=O) groups is 2. The lowest BCUT2D eigenvalue weighted by molar-refractivity contribution is -0.147. The smallest absolute Gasteiger partial charge is 0.311 e. The van der Waals surface area contributed by atoms with Gasteiger partial charge in [-0.2, -0.15) is 0 Å². The van der Waals surface area contributed by atoms with Crippen molar-refractivity contribution in [2.24, 2.45) is 5.92 Å². The van der Waals surface area contributed by atoms with E-state index in [1.807, 2.05) is 30.3 Å². The fourth-order valence-electron chi connectivity index (χ4n) is 2.99. The van der Waals surface area contributed by atoms with Gasteiger partial charge >= 0.3 is 5.97 Å². The van der Waals surface area contributed by atoms with Crippen molar-refractivity contribution in [3.63, 3.8) is 0 Å². The number of esters is 1. The largest absolute Gasteiger partial charge is 0.466 e. The Morgan fingerprint density at radius 1 is 1.07 bits per heavy atom. The molecular formula is C22H26N2O5S. The van der Waals surface area contributed by atoms with Crippen LogP contribution in [-0.4, -0.2) is 39.5 Å². The molecular weight excluding hydrogens is 404 g/mol. The molecule has 30 heavy (non-hydrogen) atoms. The third kappa shape index (κ3) is 6.14. The van der Waals surface area contributed by atoms with Crippen LogP contribution in [0.2, 0.25) is 0 Å². The second-order valence-electron chi connectivity index (χ2n) is 7.27. The predicted molar refractivity (Wildman–Crippen MR) is 112 cm³/mol. The Morgan fingerprint density at radius 2 is 1.73 bits per heavy atom. The van der Waals surface area contributed by atoms with Gasteiger partial charge in [0, 0.05) is 18.2 Å². The molecule has 8 heteroatoms. The molecule has 2 aromatic rings. The van der Waals surface area contributed by atoms with E-state index in [1.165, 1.54) is 24.3 Å². The van der Waals surface area contributed by atoms with E-state index in [1.54, 1.807) is 6.92 Å². The minimum absolute atomic E-state index is 0.0161. The molecule has 2 N–H and O–H groups in total. The minimum Gasteiger partial charge on any atom is -0.466 e. The second-order valence-corrected chi connectivity index (χ2v) is 8.98. The van der Waals surface area contributed by atoms with Crippen molar-refractivity contribution in [3.05, 3.63) is 65.7 Å². The predicted octanol–water partition coefficient (Wildman–Crippen LogP) is 2.28. The Balaban J connectivity index is 1.62. The molecule has 1 aliphatic rings. The fourth-order valence-corrected chi connectivity index (χ4v) is 4.29. The first kappa shape index (κ1) is 22.0. The summed E-state index contributed by atoms with van der Waals surface area (Å²) in [5.41, 5.74) is 1.30. The molecule has 7 nitrogen and oxygen atoms in total. The first-order valence-corrected chi connectivity index (χ1v) is 11.5. The van der Waals surface area contributed by atoms with Crippen LogP contribution in [0.3, 0.4) is 0 Å². The zero-order valence-corrected chi connectivity index (χ0v) is 17.7. The Hall–Kier alpha value is -2.71. The van der Waals surface area contributed by atoms with Crippen LogP contribution in [-0.2, 0) is 26.0 Å². The van der Waals surface area contributed by atoms with Crippen LogP contribution in [0.15, 0.2) is 59.5 Å². The van der Waals surface area contributed by atoms with Gasteiger partial charge in [-0.1, -0.05) is 30.3 Å². The van der Waals surface area contributed by atoms with Crippen LogP contribution >= 0.6 is 0 Å². The molecule has 160 valence electrons. The lowest BCUT2D eigenvalue weighted by atomic mass is 9.99. The van der Waals surface area contributed by atoms with E-state index in [0.717, 1.165) is 18.4 Å². The number of carbonyl (C=O) groups excluding carboxylic acids is 2. The van der Waals surface area contributed by atoms with E-state index in [4.69, 9.17) is 4.74 Å². The Kier molecular flexibility index (Phi) is 7.23. The maximum atomic E-state index is 12.5. The first-order valence-electron chi connectivity index (χ1n) is 10.00. The van der Waals surface area contributed by atoms with Crippen LogP contribution in [0, 0.1) is 5.92 Å². The van der Waals surface area contributed by atoms with Crippen molar-refractivity contribution in [2.75, 3.05) is 13.2 Å². The fraction of sp³-hybridized carbons (Fsp3) is 0.364. The van der Waals surface area contributed by atoms with Gasteiger partial charge in [0.05, 0.1) is 17.4 Å². The molecule has 0 aromatic heterocycles. The molecule has 1 fully saturated rings. The summed E-state index contributed by atoms with van der Waals surface area (Å²) in [4.78, 5) is 24.9. The summed E-state index contributed by atoms with van der Waals surface area (Å²) in [6, 6.07) is 15.3. The van der Waals surface area contributed by atoms with Gasteiger partial charge in [-0.3, -0.25) is 9.59 Å². The standard InChI is InChI=1S/C22H26N2O5S/c1-2-29-22(26)18(14-16-6-4-3-5-7-16)15-23-21(25)17-8-12-20(13-9-17)30(27,28)24-19-10-11-19/h3-9,12-13,18-19,24H,2,10-11,14-15H2,1H3,(H,23,25).